The van der Waals surface area contributed by atoms with E-state index >= 15 is 0 Å². The molecule has 0 aliphatic carbocycles. The second kappa shape index (κ2) is 5.16. The Kier molecular flexibility index (Phi) is 4.12. The van der Waals surface area contributed by atoms with Crippen molar-refractivity contribution in [2.75, 3.05) is 7.05 Å². The van der Waals surface area contributed by atoms with Crippen LogP contribution in [-0.4, -0.2) is 23.9 Å². The van der Waals surface area contributed by atoms with E-state index in [2.05, 4.69) is 0 Å². The SMILES string of the molecule is Cc1occc1CN(C)C(=O)C(N)C(C)C. The first kappa shape index (κ1) is 12.8. The topological polar surface area (TPSA) is 59.5 Å². The third-order valence-corrected chi connectivity index (χ3v) is 2.75. The average molecular weight is 224 g/mol. The van der Waals surface area contributed by atoms with Crippen LogP contribution in [0.3, 0.4) is 0 Å². The van der Waals surface area contributed by atoms with Crippen molar-refractivity contribution < 1.29 is 9.21 Å². The van der Waals surface area contributed by atoms with Gasteiger partial charge >= 0.3 is 0 Å². The highest BCUT2D eigenvalue weighted by molar-refractivity contribution is 5.81. The van der Waals surface area contributed by atoms with Gasteiger partial charge in [-0.2, -0.15) is 0 Å². The molecule has 1 unspecified atom stereocenters. The van der Waals surface area contributed by atoms with Crippen molar-refractivity contribution in [1.82, 2.24) is 4.90 Å². The van der Waals surface area contributed by atoms with Crippen molar-refractivity contribution in [3.8, 4) is 0 Å². The van der Waals surface area contributed by atoms with Gasteiger partial charge in [0.15, 0.2) is 0 Å². The fourth-order valence-corrected chi connectivity index (χ4v) is 1.45. The lowest BCUT2D eigenvalue weighted by molar-refractivity contribution is -0.132. The highest BCUT2D eigenvalue weighted by Crippen LogP contribution is 2.12. The molecule has 0 fully saturated rings. The summed E-state index contributed by atoms with van der Waals surface area (Å²) in [5, 5.41) is 0. The highest BCUT2D eigenvalue weighted by Gasteiger charge is 2.21. The summed E-state index contributed by atoms with van der Waals surface area (Å²) in [6, 6.07) is 1.44. The van der Waals surface area contributed by atoms with Crippen LogP contribution in [0.4, 0.5) is 0 Å². The van der Waals surface area contributed by atoms with E-state index in [1.54, 1.807) is 18.2 Å². The normalized spacial score (nSPS) is 12.9. The largest absolute Gasteiger partial charge is 0.469 e. The molecule has 4 nitrogen and oxygen atoms in total. The molecule has 1 rings (SSSR count). The van der Waals surface area contributed by atoms with E-state index in [4.69, 9.17) is 10.2 Å². The van der Waals surface area contributed by atoms with E-state index in [1.807, 2.05) is 26.8 Å². The van der Waals surface area contributed by atoms with Crippen molar-refractivity contribution in [2.45, 2.75) is 33.4 Å². The summed E-state index contributed by atoms with van der Waals surface area (Å²) in [6.45, 7) is 6.32. The van der Waals surface area contributed by atoms with Crippen molar-refractivity contribution in [3.63, 3.8) is 0 Å². The molecule has 90 valence electrons. The van der Waals surface area contributed by atoms with Crippen molar-refractivity contribution in [1.29, 1.82) is 0 Å². The van der Waals surface area contributed by atoms with Gasteiger partial charge in [0.25, 0.3) is 0 Å². The standard InChI is InChI=1S/C12H20N2O2/c1-8(2)11(13)12(15)14(4)7-10-5-6-16-9(10)3/h5-6,8,11H,7,13H2,1-4H3. The van der Waals surface area contributed by atoms with Crippen molar-refractivity contribution in [3.05, 3.63) is 23.7 Å². The predicted octanol–water partition coefficient (Wildman–Crippen LogP) is 1.53. The lowest BCUT2D eigenvalue weighted by Gasteiger charge is -2.23. The summed E-state index contributed by atoms with van der Waals surface area (Å²) in [5.41, 5.74) is 6.83. The van der Waals surface area contributed by atoms with Crippen LogP contribution in [-0.2, 0) is 11.3 Å². The number of nitrogens with zero attached hydrogens (tertiary/aromatic N) is 1. The molecule has 4 heteroatoms. The molecule has 1 aromatic heterocycles. The maximum absolute atomic E-state index is 11.9. The minimum atomic E-state index is -0.433. The van der Waals surface area contributed by atoms with Gasteiger partial charge in [-0.25, -0.2) is 0 Å². The zero-order chi connectivity index (χ0) is 12.3. The van der Waals surface area contributed by atoms with Crippen LogP contribution >= 0.6 is 0 Å². The first-order valence-corrected chi connectivity index (χ1v) is 5.47. The van der Waals surface area contributed by atoms with Crippen LogP contribution in [0.5, 0.6) is 0 Å². The summed E-state index contributed by atoms with van der Waals surface area (Å²) in [5.74, 6) is 0.966. The number of nitrogens with two attached hydrogens (primary N) is 1. The number of carbonyl (C=O) groups is 1. The molecule has 0 spiro atoms. The van der Waals surface area contributed by atoms with Crippen LogP contribution < -0.4 is 5.73 Å². The maximum atomic E-state index is 11.9. The van der Waals surface area contributed by atoms with E-state index < -0.39 is 6.04 Å². The fourth-order valence-electron chi connectivity index (χ4n) is 1.45. The van der Waals surface area contributed by atoms with Gasteiger partial charge in [0.1, 0.15) is 5.76 Å². The van der Waals surface area contributed by atoms with Crippen molar-refractivity contribution >= 4 is 5.91 Å². The molecule has 0 aromatic carbocycles. The van der Waals surface area contributed by atoms with Gasteiger partial charge in [-0.3, -0.25) is 4.79 Å². The number of likely N-dealkylation sites (N-methyl/N-ethyl adjacent to an activating group) is 1. The predicted molar refractivity (Wildman–Crippen MR) is 62.7 cm³/mol. The molecule has 1 heterocycles. The number of aryl methyl sites for hydroxylation is 1. The third-order valence-electron chi connectivity index (χ3n) is 2.75. The smallest absolute Gasteiger partial charge is 0.239 e. The van der Waals surface area contributed by atoms with E-state index in [0.717, 1.165) is 11.3 Å². The molecule has 1 aromatic rings. The minimum Gasteiger partial charge on any atom is -0.469 e. The molecule has 0 saturated carbocycles. The van der Waals surface area contributed by atoms with Gasteiger partial charge in [-0.15, -0.1) is 0 Å². The minimum absolute atomic E-state index is 0.0319. The number of amides is 1. The first-order valence-electron chi connectivity index (χ1n) is 5.47. The Balaban J connectivity index is 2.62. The van der Waals surface area contributed by atoms with Gasteiger partial charge in [0, 0.05) is 19.2 Å². The Morgan fingerprint density at radius 2 is 2.19 bits per heavy atom. The monoisotopic (exact) mass is 224 g/mol. The molecule has 1 amide bonds. The summed E-state index contributed by atoms with van der Waals surface area (Å²) >= 11 is 0. The lowest BCUT2D eigenvalue weighted by atomic mass is 10.0. The Bertz CT molecular complexity index is 358. The van der Waals surface area contributed by atoms with E-state index in [1.165, 1.54) is 0 Å². The van der Waals surface area contributed by atoms with Gasteiger partial charge in [0.05, 0.1) is 12.3 Å². The van der Waals surface area contributed by atoms with Crippen molar-refractivity contribution in [2.24, 2.45) is 11.7 Å². The van der Waals surface area contributed by atoms with Gasteiger partial charge < -0.3 is 15.1 Å². The molecule has 1 atom stereocenters. The second-order valence-electron chi connectivity index (χ2n) is 4.47. The van der Waals surface area contributed by atoms with E-state index in [0.29, 0.717) is 6.54 Å². The van der Waals surface area contributed by atoms with Crippen LogP contribution in [0, 0.1) is 12.8 Å². The number of furan rings is 1. The number of hydrogen-bond acceptors (Lipinski definition) is 3. The van der Waals surface area contributed by atoms with Gasteiger partial charge in [-0.1, -0.05) is 13.8 Å². The zero-order valence-electron chi connectivity index (χ0n) is 10.4. The Morgan fingerprint density at radius 3 is 2.62 bits per heavy atom. The quantitative estimate of drug-likeness (QED) is 0.843. The van der Waals surface area contributed by atoms with Crippen LogP contribution in [0.15, 0.2) is 16.7 Å². The Labute approximate surface area is 96.4 Å². The molecule has 0 aliphatic heterocycles. The van der Waals surface area contributed by atoms with Gasteiger partial charge in [-0.05, 0) is 18.9 Å². The summed E-state index contributed by atoms with van der Waals surface area (Å²) in [7, 11) is 1.76. The zero-order valence-corrected chi connectivity index (χ0v) is 10.4. The summed E-state index contributed by atoms with van der Waals surface area (Å²) in [6.07, 6.45) is 1.63. The molecule has 0 bridgehead atoms. The molecule has 16 heavy (non-hydrogen) atoms. The number of rotatable bonds is 4. The van der Waals surface area contributed by atoms with Crippen LogP contribution in [0.1, 0.15) is 25.2 Å². The van der Waals surface area contributed by atoms with E-state index in [-0.39, 0.29) is 11.8 Å². The molecule has 0 radical (unpaired) electrons. The first-order chi connectivity index (χ1) is 7.43. The number of carbonyl (C=O) groups excluding carboxylic acids is 1. The average Bonchev–Trinajstić information content (AvgIpc) is 2.62. The third kappa shape index (κ3) is 2.85. The van der Waals surface area contributed by atoms with Crippen LogP contribution in [0.25, 0.3) is 0 Å². The summed E-state index contributed by atoms with van der Waals surface area (Å²) in [4.78, 5) is 13.5. The molecule has 2 N–H and O–H groups in total. The molecular formula is C12H20N2O2. The molecule has 0 aliphatic rings. The highest BCUT2D eigenvalue weighted by atomic mass is 16.3. The Morgan fingerprint density at radius 1 is 1.56 bits per heavy atom. The fraction of sp³-hybridized carbons (Fsp3) is 0.583. The van der Waals surface area contributed by atoms with E-state index in [9.17, 15) is 4.79 Å². The molecule has 0 saturated heterocycles. The summed E-state index contributed by atoms with van der Waals surface area (Å²) < 4.78 is 5.18. The lowest BCUT2D eigenvalue weighted by Crippen LogP contribution is -2.44. The second-order valence-corrected chi connectivity index (χ2v) is 4.47. The van der Waals surface area contributed by atoms with Crippen LogP contribution in [0.2, 0.25) is 0 Å². The van der Waals surface area contributed by atoms with Gasteiger partial charge in [0.2, 0.25) is 5.91 Å². The maximum Gasteiger partial charge on any atom is 0.239 e. The number of hydrogen-bond donors (Lipinski definition) is 1. The molecular weight excluding hydrogens is 204 g/mol. The Hall–Kier alpha value is -1.29.